The zero-order valence-corrected chi connectivity index (χ0v) is 13.7. The summed E-state index contributed by atoms with van der Waals surface area (Å²) in [5.41, 5.74) is 0. The predicted molar refractivity (Wildman–Crippen MR) is 77.9 cm³/mol. The van der Waals surface area contributed by atoms with Crippen LogP contribution in [0.3, 0.4) is 0 Å². The Labute approximate surface area is 133 Å². The van der Waals surface area contributed by atoms with Crippen molar-refractivity contribution >= 4 is 22.0 Å². The van der Waals surface area contributed by atoms with Gasteiger partial charge in [-0.3, -0.25) is 4.79 Å². The molecule has 0 radical (unpaired) electrons. The summed E-state index contributed by atoms with van der Waals surface area (Å²) in [6.45, 7) is 4.33. The summed E-state index contributed by atoms with van der Waals surface area (Å²) in [5.74, 6) is -0.460. The van der Waals surface area contributed by atoms with Gasteiger partial charge in [-0.15, -0.1) is 0 Å². The van der Waals surface area contributed by atoms with Crippen molar-refractivity contribution in [2.24, 2.45) is 5.92 Å². The summed E-state index contributed by atoms with van der Waals surface area (Å²) in [6, 6.07) is 0.128. The summed E-state index contributed by atoms with van der Waals surface area (Å²) in [6.07, 6.45) is 2.34. The van der Waals surface area contributed by atoms with Crippen molar-refractivity contribution in [1.82, 2.24) is 18.8 Å². The van der Waals surface area contributed by atoms with Crippen LogP contribution in [0.15, 0.2) is 17.6 Å². The summed E-state index contributed by atoms with van der Waals surface area (Å²) in [4.78, 5) is 27.8. The molecule has 2 fully saturated rings. The second-order valence-corrected chi connectivity index (χ2v) is 7.88. The van der Waals surface area contributed by atoms with Gasteiger partial charge in [0.25, 0.3) is 15.9 Å². The van der Waals surface area contributed by atoms with Gasteiger partial charge < -0.3 is 9.30 Å². The third-order valence-electron chi connectivity index (χ3n) is 3.98. The maximum Gasteiger partial charge on any atom is 0.417 e. The molecule has 2 aliphatic rings. The normalized spacial score (nSPS) is 20.2. The lowest BCUT2D eigenvalue weighted by Crippen LogP contribution is -2.54. The molecule has 0 unspecified atom stereocenters. The van der Waals surface area contributed by atoms with Crippen LogP contribution in [0.2, 0.25) is 0 Å². The van der Waals surface area contributed by atoms with E-state index in [-0.39, 0.29) is 49.1 Å². The van der Waals surface area contributed by atoms with E-state index in [1.165, 1.54) is 16.8 Å². The van der Waals surface area contributed by atoms with Gasteiger partial charge in [-0.25, -0.2) is 23.1 Å². The molecule has 3 rings (SSSR count). The SMILES string of the molecule is CC(C)n1cnc(S(=O)(=O)N2CC(CN3C(=O)COC3=O)C2)c1. The number of hydrogen-bond acceptors (Lipinski definition) is 6. The van der Waals surface area contributed by atoms with Crippen LogP contribution in [0.5, 0.6) is 0 Å². The highest BCUT2D eigenvalue weighted by Crippen LogP contribution is 2.26. The maximum atomic E-state index is 12.4. The van der Waals surface area contributed by atoms with E-state index < -0.39 is 16.1 Å². The van der Waals surface area contributed by atoms with Crippen LogP contribution in [-0.4, -0.2) is 65.4 Å². The van der Waals surface area contributed by atoms with E-state index in [2.05, 4.69) is 9.72 Å². The van der Waals surface area contributed by atoms with Gasteiger partial charge in [-0.1, -0.05) is 0 Å². The second kappa shape index (κ2) is 5.60. The Bertz CT molecular complexity index is 719. The molecule has 126 valence electrons. The molecule has 0 bridgehead atoms. The average molecular weight is 342 g/mol. The van der Waals surface area contributed by atoms with Crippen LogP contribution >= 0.6 is 0 Å². The molecule has 9 nitrogen and oxygen atoms in total. The molecule has 1 aromatic rings. The fraction of sp³-hybridized carbons (Fsp3) is 0.615. The lowest BCUT2D eigenvalue weighted by molar-refractivity contribution is -0.126. The van der Waals surface area contributed by atoms with Crippen LogP contribution in [0, 0.1) is 5.92 Å². The van der Waals surface area contributed by atoms with Crippen molar-refractivity contribution in [2.45, 2.75) is 24.9 Å². The van der Waals surface area contributed by atoms with Crippen LogP contribution in [0.25, 0.3) is 0 Å². The summed E-state index contributed by atoms with van der Waals surface area (Å²) >= 11 is 0. The molecular weight excluding hydrogens is 324 g/mol. The number of rotatable bonds is 5. The fourth-order valence-electron chi connectivity index (χ4n) is 2.52. The number of carbonyl (C=O) groups excluding carboxylic acids is 2. The average Bonchev–Trinajstić information content (AvgIpc) is 3.03. The van der Waals surface area contributed by atoms with Crippen LogP contribution in [-0.2, 0) is 19.6 Å². The van der Waals surface area contributed by atoms with Gasteiger partial charge in [0.1, 0.15) is 0 Å². The number of aromatic nitrogens is 2. The van der Waals surface area contributed by atoms with Crippen LogP contribution < -0.4 is 0 Å². The molecule has 23 heavy (non-hydrogen) atoms. The number of imidazole rings is 1. The minimum absolute atomic E-state index is 0.0151. The van der Waals surface area contributed by atoms with Gasteiger partial charge in [-0.2, -0.15) is 4.31 Å². The highest BCUT2D eigenvalue weighted by molar-refractivity contribution is 7.89. The third kappa shape index (κ3) is 2.83. The highest BCUT2D eigenvalue weighted by atomic mass is 32.2. The smallest absolute Gasteiger partial charge is 0.417 e. The first-order valence-corrected chi connectivity index (χ1v) is 8.74. The first-order valence-electron chi connectivity index (χ1n) is 7.30. The van der Waals surface area contributed by atoms with Gasteiger partial charge in [0.15, 0.2) is 11.6 Å². The van der Waals surface area contributed by atoms with Crippen molar-refractivity contribution < 1.29 is 22.7 Å². The molecule has 2 aliphatic heterocycles. The van der Waals surface area contributed by atoms with Crippen molar-refractivity contribution in [3.8, 4) is 0 Å². The summed E-state index contributed by atoms with van der Waals surface area (Å²) in [7, 11) is -3.63. The molecular formula is C13H18N4O5S. The number of carbonyl (C=O) groups is 2. The van der Waals surface area contributed by atoms with Crippen molar-refractivity contribution in [1.29, 1.82) is 0 Å². The molecule has 0 atom stereocenters. The van der Waals surface area contributed by atoms with Gasteiger partial charge in [0.2, 0.25) is 0 Å². The third-order valence-corrected chi connectivity index (χ3v) is 5.70. The number of amides is 2. The molecule has 0 aliphatic carbocycles. The van der Waals surface area contributed by atoms with E-state index in [1.54, 1.807) is 4.57 Å². The lowest BCUT2D eigenvalue weighted by Gasteiger charge is -2.38. The number of sulfonamides is 1. The fourth-order valence-corrected chi connectivity index (χ4v) is 4.03. The minimum atomic E-state index is -3.63. The van der Waals surface area contributed by atoms with Crippen LogP contribution in [0.1, 0.15) is 19.9 Å². The van der Waals surface area contributed by atoms with E-state index >= 15 is 0 Å². The van der Waals surface area contributed by atoms with Gasteiger partial charge >= 0.3 is 6.09 Å². The quantitative estimate of drug-likeness (QED) is 0.750. The highest BCUT2D eigenvalue weighted by Gasteiger charge is 2.41. The van der Waals surface area contributed by atoms with E-state index in [4.69, 9.17) is 0 Å². The molecule has 10 heteroatoms. The van der Waals surface area contributed by atoms with E-state index in [0.717, 1.165) is 4.90 Å². The largest absolute Gasteiger partial charge is 0.439 e. The lowest BCUT2D eigenvalue weighted by atomic mass is 10.0. The molecule has 0 spiro atoms. The Kier molecular flexibility index (Phi) is 3.88. The molecule has 3 heterocycles. The van der Waals surface area contributed by atoms with Crippen molar-refractivity contribution in [2.75, 3.05) is 26.2 Å². The number of nitrogens with zero attached hydrogens (tertiary/aromatic N) is 4. The Morgan fingerprint density at radius 2 is 2.04 bits per heavy atom. The Morgan fingerprint density at radius 3 is 2.57 bits per heavy atom. The molecule has 2 saturated heterocycles. The predicted octanol–water partition coefficient (Wildman–Crippen LogP) is 0.0633. The standard InChI is InChI=1S/C13H18N4O5S/c1-9(2)15-6-11(14-8-15)23(20,21)16-3-10(4-16)5-17-12(18)7-22-13(17)19/h6,8-10H,3-5,7H2,1-2H3. The number of hydrogen-bond donors (Lipinski definition) is 0. The summed E-state index contributed by atoms with van der Waals surface area (Å²) in [5, 5.41) is 0.0151. The number of ether oxygens (including phenoxy) is 1. The van der Waals surface area contributed by atoms with Crippen molar-refractivity contribution in [3.63, 3.8) is 0 Å². The Morgan fingerprint density at radius 1 is 1.35 bits per heavy atom. The maximum absolute atomic E-state index is 12.4. The molecule has 0 saturated carbocycles. The zero-order valence-electron chi connectivity index (χ0n) is 12.9. The number of imide groups is 1. The van der Waals surface area contributed by atoms with E-state index in [9.17, 15) is 18.0 Å². The molecule has 0 N–H and O–H groups in total. The zero-order chi connectivity index (χ0) is 16.8. The topological polar surface area (TPSA) is 102 Å². The Balaban J connectivity index is 1.61. The molecule has 2 amide bonds. The molecule has 1 aromatic heterocycles. The minimum Gasteiger partial charge on any atom is -0.439 e. The van der Waals surface area contributed by atoms with Gasteiger partial charge in [0, 0.05) is 37.8 Å². The molecule has 0 aromatic carbocycles. The second-order valence-electron chi connectivity index (χ2n) is 6.00. The first kappa shape index (κ1) is 15.9. The van der Waals surface area contributed by atoms with Gasteiger partial charge in [0.05, 0.1) is 6.33 Å². The first-order chi connectivity index (χ1) is 10.8. The number of cyclic esters (lactones) is 1. The van der Waals surface area contributed by atoms with Crippen molar-refractivity contribution in [3.05, 3.63) is 12.5 Å². The van der Waals surface area contributed by atoms with Gasteiger partial charge in [-0.05, 0) is 13.8 Å². The van der Waals surface area contributed by atoms with E-state index in [0.29, 0.717) is 0 Å². The summed E-state index contributed by atoms with van der Waals surface area (Å²) < 4.78 is 32.5. The van der Waals surface area contributed by atoms with E-state index in [1.807, 2.05) is 13.8 Å². The Hall–Kier alpha value is -1.94. The van der Waals surface area contributed by atoms with Crippen LogP contribution in [0.4, 0.5) is 4.79 Å². The monoisotopic (exact) mass is 342 g/mol.